The number of rotatable bonds is 3. The van der Waals surface area contributed by atoms with Crippen LogP contribution in [0.4, 0.5) is 8.78 Å². The first-order valence-electron chi connectivity index (χ1n) is 6.76. The van der Waals surface area contributed by atoms with Crippen molar-refractivity contribution in [3.05, 3.63) is 34.9 Å². The van der Waals surface area contributed by atoms with E-state index < -0.39 is 11.6 Å². The molecule has 0 aliphatic carbocycles. The highest BCUT2D eigenvalue weighted by atomic mass is 19.1. The van der Waals surface area contributed by atoms with E-state index in [-0.39, 0.29) is 5.92 Å². The molecule has 0 unspecified atom stereocenters. The van der Waals surface area contributed by atoms with E-state index in [2.05, 4.69) is 5.32 Å². The van der Waals surface area contributed by atoms with Crippen LogP contribution >= 0.6 is 0 Å². The average molecular weight is 253 g/mol. The summed E-state index contributed by atoms with van der Waals surface area (Å²) in [6.45, 7) is 5.88. The third-order valence-electron chi connectivity index (χ3n) is 3.76. The van der Waals surface area contributed by atoms with Crippen LogP contribution < -0.4 is 5.32 Å². The Hall–Kier alpha value is -0.960. The lowest BCUT2D eigenvalue weighted by Gasteiger charge is -2.23. The topological polar surface area (TPSA) is 12.0 Å². The van der Waals surface area contributed by atoms with Gasteiger partial charge in [0.1, 0.15) is 11.6 Å². The minimum Gasteiger partial charge on any atom is -0.317 e. The summed E-state index contributed by atoms with van der Waals surface area (Å²) in [7, 11) is 0. The molecule has 0 radical (unpaired) electrons. The Morgan fingerprint density at radius 1 is 1.17 bits per heavy atom. The molecule has 0 aromatic heterocycles. The first kappa shape index (κ1) is 13.5. The molecule has 0 atom stereocenters. The normalized spacial score (nSPS) is 17.4. The molecule has 1 aliphatic rings. The second kappa shape index (κ2) is 5.79. The molecule has 1 nitrogen and oxygen atoms in total. The molecule has 0 saturated carbocycles. The van der Waals surface area contributed by atoms with Crippen LogP contribution in [-0.2, 0) is 6.42 Å². The highest BCUT2D eigenvalue weighted by Crippen LogP contribution is 2.25. The molecular formula is C15H21F2N. The monoisotopic (exact) mass is 253 g/mol. The Kier molecular flexibility index (Phi) is 4.33. The van der Waals surface area contributed by atoms with E-state index in [9.17, 15) is 8.78 Å². The Labute approximate surface area is 108 Å². The fourth-order valence-corrected chi connectivity index (χ4v) is 2.61. The average Bonchev–Trinajstić information content (AvgIpc) is 2.33. The van der Waals surface area contributed by atoms with Crippen molar-refractivity contribution in [1.82, 2.24) is 5.32 Å². The van der Waals surface area contributed by atoms with Gasteiger partial charge in [0.2, 0.25) is 0 Å². The molecule has 1 N–H and O–H groups in total. The van der Waals surface area contributed by atoms with Gasteiger partial charge in [-0.05, 0) is 61.4 Å². The molecule has 0 amide bonds. The van der Waals surface area contributed by atoms with Crippen LogP contribution in [0.2, 0.25) is 0 Å². The number of nitrogens with one attached hydrogen (secondary N) is 1. The molecule has 1 heterocycles. The first-order chi connectivity index (χ1) is 8.58. The van der Waals surface area contributed by atoms with Crippen molar-refractivity contribution in [2.45, 2.75) is 39.0 Å². The minimum atomic E-state index is -0.420. The fourth-order valence-electron chi connectivity index (χ4n) is 2.61. The van der Waals surface area contributed by atoms with Crippen LogP contribution in [0.3, 0.4) is 0 Å². The zero-order chi connectivity index (χ0) is 13.1. The molecule has 100 valence electrons. The largest absolute Gasteiger partial charge is 0.317 e. The first-order valence-corrected chi connectivity index (χ1v) is 6.76. The van der Waals surface area contributed by atoms with E-state index in [0.29, 0.717) is 17.0 Å². The molecule has 0 spiro atoms. The van der Waals surface area contributed by atoms with Crippen molar-refractivity contribution in [2.75, 3.05) is 13.1 Å². The fraction of sp³-hybridized carbons (Fsp3) is 0.600. The molecule has 2 rings (SSSR count). The quantitative estimate of drug-likeness (QED) is 0.867. The number of hydrogen-bond acceptors (Lipinski definition) is 1. The second-order valence-corrected chi connectivity index (χ2v) is 5.52. The van der Waals surface area contributed by atoms with Gasteiger partial charge in [-0.15, -0.1) is 0 Å². The zero-order valence-corrected chi connectivity index (χ0v) is 11.1. The minimum absolute atomic E-state index is 0.0948. The third-order valence-corrected chi connectivity index (χ3v) is 3.76. The molecule has 3 heteroatoms. The van der Waals surface area contributed by atoms with Crippen LogP contribution in [0.25, 0.3) is 0 Å². The molecule has 1 saturated heterocycles. The van der Waals surface area contributed by atoms with Gasteiger partial charge in [-0.25, -0.2) is 8.78 Å². The van der Waals surface area contributed by atoms with E-state index in [4.69, 9.17) is 0 Å². The summed E-state index contributed by atoms with van der Waals surface area (Å²) < 4.78 is 27.4. The van der Waals surface area contributed by atoms with Crippen LogP contribution in [0.5, 0.6) is 0 Å². The third kappa shape index (κ3) is 3.08. The number of piperidine rings is 1. The lowest BCUT2D eigenvalue weighted by Crippen LogP contribution is -2.28. The predicted molar refractivity (Wildman–Crippen MR) is 69.7 cm³/mol. The summed E-state index contributed by atoms with van der Waals surface area (Å²) in [5.74, 6) is -0.199. The summed E-state index contributed by atoms with van der Waals surface area (Å²) >= 11 is 0. The lowest BCUT2D eigenvalue weighted by atomic mass is 9.89. The van der Waals surface area contributed by atoms with Gasteiger partial charge < -0.3 is 5.32 Å². The summed E-state index contributed by atoms with van der Waals surface area (Å²) in [5, 5.41) is 3.30. The van der Waals surface area contributed by atoms with Crippen LogP contribution in [0.1, 0.15) is 43.7 Å². The van der Waals surface area contributed by atoms with Gasteiger partial charge in [0.05, 0.1) is 0 Å². The SMILES string of the molecule is CC(C)c1cc(CC2CCNCC2)c(F)cc1F. The van der Waals surface area contributed by atoms with Crippen LogP contribution in [0, 0.1) is 17.6 Å². The van der Waals surface area contributed by atoms with E-state index in [1.54, 1.807) is 6.07 Å². The van der Waals surface area contributed by atoms with Gasteiger partial charge in [0.25, 0.3) is 0 Å². The number of hydrogen-bond donors (Lipinski definition) is 1. The van der Waals surface area contributed by atoms with Crippen LogP contribution in [-0.4, -0.2) is 13.1 Å². The van der Waals surface area contributed by atoms with Crippen molar-refractivity contribution in [3.8, 4) is 0 Å². The van der Waals surface area contributed by atoms with E-state index in [1.807, 2.05) is 13.8 Å². The Balaban J connectivity index is 2.18. The van der Waals surface area contributed by atoms with Crippen LogP contribution in [0.15, 0.2) is 12.1 Å². The molecule has 18 heavy (non-hydrogen) atoms. The van der Waals surface area contributed by atoms with Gasteiger partial charge in [-0.3, -0.25) is 0 Å². The van der Waals surface area contributed by atoms with Crippen molar-refractivity contribution >= 4 is 0 Å². The van der Waals surface area contributed by atoms with Gasteiger partial charge in [-0.2, -0.15) is 0 Å². The summed E-state index contributed by atoms with van der Waals surface area (Å²) in [6, 6.07) is 2.77. The highest BCUT2D eigenvalue weighted by Gasteiger charge is 2.18. The van der Waals surface area contributed by atoms with Gasteiger partial charge in [0, 0.05) is 6.07 Å². The van der Waals surface area contributed by atoms with Crippen molar-refractivity contribution in [1.29, 1.82) is 0 Å². The standard InChI is InChI=1S/C15H21F2N/c1-10(2)13-8-12(14(16)9-15(13)17)7-11-3-5-18-6-4-11/h8-11,18H,3-7H2,1-2H3. The Morgan fingerprint density at radius 2 is 1.83 bits per heavy atom. The molecule has 1 aliphatic heterocycles. The maximum Gasteiger partial charge on any atom is 0.129 e. The summed E-state index contributed by atoms with van der Waals surface area (Å²) in [6.07, 6.45) is 2.88. The van der Waals surface area contributed by atoms with Gasteiger partial charge in [-0.1, -0.05) is 13.8 Å². The number of benzene rings is 1. The van der Waals surface area contributed by atoms with Gasteiger partial charge >= 0.3 is 0 Å². The zero-order valence-electron chi connectivity index (χ0n) is 11.1. The lowest BCUT2D eigenvalue weighted by molar-refractivity contribution is 0.368. The molecule has 1 fully saturated rings. The molecular weight excluding hydrogens is 232 g/mol. The van der Waals surface area contributed by atoms with Crippen molar-refractivity contribution in [3.63, 3.8) is 0 Å². The van der Waals surface area contributed by atoms with Gasteiger partial charge in [0.15, 0.2) is 0 Å². The predicted octanol–water partition coefficient (Wildman–Crippen LogP) is 3.63. The highest BCUT2D eigenvalue weighted by molar-refractivity contribution is 5.29. The molecule has 1 aromatic rings. The molecule has 1 aromatic carbocycles. The number of halogens is 2. The smallest absolute Gasteiger partial charge is 0.129 e. The maximum absolute atomic E-state index is 13.8. The Morgan fingerprint density at radius 3 is 2.44 bits per heavy atom. The van der Waals surface area contributed by atoms with E-state index in [1.165, 1.54) is 0 Å². The van der Waals surface area contributed by atoms with E-state index >= 15 is 0 Å². The Bertz CT molecular complexity index is 409. The maximum atomic E-state index is 13.8. The molecule has 0 bridgehead atoms. The summed E-state index contributed by atoms with van der Waals surface area (Å²) in [5.41, 5.74) is 1.30. The van der Waals surface area contributed by atoms with Crippen molar-refractivity contribution < 1.29 is 8.78 Å². The van der Waals surface area contributed by atoms with Crippen molar-refractivity contribution in [2.24, 2.45) is 5.92 Å². The summed E-state index contributed by atoms with van der Waals surface area (Å²) in [4.78, 5) is 0. The van der Waals surface area contributed by atoms with E-state index in [0.717, 1.165) is 38.4 Å². The second-order valence-electron chi connectivity index (χ2n) is 5.52.